The minimum atomic E-state index is -0.414. The average molecular weight is 509 g/mol. The molecule has 0 saturated carbocycles. The Kier molecular flexibility index (Phi) is 7.85. The summed E-state index contributed by atoms with van der Waals surface area (Å²) in [5.74, 6) is 2.30. The van der Waals surface area contributed by atoms with E-state index in [-0.39, 0.29) is 11.0 Å². The number of hydrogen-bond donors (Lipinski definition) is 0. The van der Waals surface area contributed by atoms with Crippen molar-refractivity contribution in [3.63, 3.8) is 0 Å². The zero-order valence-corrected chi connectivity index (χ0v) is 21.7. The molecule has 8 heteroatoms. The van der Waals surface area contributed by atoms with Crippen molar-refractivity contribution in [1.29, 1.82) is 0 Å². The molecule has 1 atom stereocenters. The zero-order chi connectivity index (χ0) is 24.9. The molecule has 190 valence electrons. The van der Waals surface area contributed by atoms with E-state index in [1.54, 1.807) is 6.08 Å². The lowest BCUT2D eigenvalue weighted by molar-refractivity contribution is 0.188. The van der Waals surface area contributed by atoms with E-state index in [0.29, 0.717) is 6.42 Å². The molecular weight excluding hydrogens is 475 g/mol. The van der Waals surface area contributed by atoms with Gasteiger partial charge in [-0.2, -0.15) is 4.99 Å². The molecule has 36 heavy (non-hydrogen) atoms. The van der Waals surface area contributed by atoms with E-state index in [1.165, 1.54) is 18.1 Å². The molecule has 1 aliphatic carbocycles. The summed E-state index contributed by atoms with van der Waals surface area (Å²) in [6.45, 7) is 7.61. The largest absolute Gasteiger partial charge is 0.353 e. The molecule has 0 spiro atoms. The van der Waals surface area contributed by atoms with Crippen LogP contribution in [0.4, 0.5) is 4.39 Å². The lowest BCUT2D eigenvalue weighted by atomic mass is 9.99. The third kappa shape index (κ3) is 5.72. The van der Waals surface area contributed by atoms with Crippen molar-refractivity contribution in [3.8, 4) is 0 Å². The highest BCUT2D eigenvalue weighted by Gasteiger charge is 2.25. The normalized spacial score (nSPS) is 25.5. The molecule has 2 saturated heterocycles. The monoisotopic (exact) mass is 508 g/mol. The molecule has 4 aliphatic heterocycles. The summed E-state index contributed by atoms with van der Waals surface area (Å²) in [4.78, 5) is 21.9. The van der Waals surface area contributed by atoms with Crippen LogP contribution < -0.4 is 0 Å². The summed E-state index contributed by atoms with van der Waals surface area (Å²) in [6.07, 6.45) is 20.4. The van der Waals surface area contributed by atoms with Crippen LogP contribution in [-0.4, -0.2) is 71.9 Å². The van der Waals surface area contributed by atoms with Crippen LogP contribution in [0.1, 0.15) is 39.0 Å². The molecule has 2 fully saturated rings. The van der Waals surface area contributed by atoms with Gasteiger partial charge in [0.25, 0.3) is 0 Å². The molecular formula is C28H34ClFN6. The Labute approximate surface area is 218 Å². The standard InChI is InChI=1S/C28H34ClFN6/c1-21-7-3-4-14-31-27(21)35-19-17-34(18-20-35)26-13-12-25(22-8-10-23(29)24(30)11-9-22)32-28(33-26)36-15-5-2-6-16-36/h3,7-11,13-14,22H,2,4-6,12,15-20H2,1H3. The van der Waals surface area contributed by atoms with Crippen LogP contribution in [0.5, 0.6) is 0 Å². The van der Waals surface area contributed by atoms with Gasteiger partial charge in [-0.25, -0.2) is 14.4 Å². The maximum atomic E-state index is 14.0. The number of allylic oxidation sites excluding steroid dienone is 10. The van der Waals surface area contributed by atoms with Crippen LogP contribution in [0.2, 0.25) is 0 Å². The van der Waals surface area contributed by atoms with Crippen LogP contribution in [0.3, 0.4) is 0 Å². The van der Waals surface area contributed by atoms with E-state index in [1.807, 2.05) is 18.4 Å². The Bertz CT molecular complexity index is 1100. The topological polar surface area (TPSA) is 46.8 Å². The average Bonchev–Trinajstić information content (AvgIpc) is 3.34. The van der Waals surface area contributed by atoms with E-state index < -0.39 is 5.83 Å². The number of halogens is 2. The fourth-order valence-corrected chi connectivity index (χ4v) is 5.25. The highest BCUT2D eigenvalue weighted by Crippen LogP contribution is 2.26. The second kappa shape index (κ2) is 11.4. The maximum absolute atomic E-state index is 14.0. The van der Waals surface area contributed by atoms with Crippen molar-refractivity contribution in [2.75, 3.05) is 39.3 Å². The summed E-state index contributed by atoms with van der Waals surface area (Å²) in [5.41, 5.74) is 2.17. The van der Waals surface area contributed by atoms with Crippen molar-refractivity contribution in [3.05, 3.63) is 70.6 Å². The number of rotatable bonds is 3. The smallest absolute Gasteiger partial charge is 0.227 e. The van der Waals surface area contributed by atoms with Gasteiger partial charge in [0.15, 0.2) is 0 Å². The van der Waals surface area contributed by atoms with Crippen molar-refractivity contribution < 1.29 is 4.39 Å². The molecule has 0 aromatic heterocycles. The lowest BCUT2D eigenvalue weighted by Crippen LogP contribution is -2.45. The Hall–Kier alpha value is -2.93. The first-order valence-electron chi connectivity index (χ1n) is 13.0. The van der Waals surface area contributed by atoms with E-state index in [0.717, 1.165) is 81.8 Å². The van der Waals surface area contributed by atoms with Gasteiger partial charge in [0.2, 0.25) is 5.96 Å². The third-order valence-electron chi connectivity index (χ3n) is 7.18. The van der Waals surface area contributed by atoms with E-state index in [2.05, 4.69) is 39.9 Å². The Morgan fingerprint density at radius 2 is 1.64 bits per heavy atom. The number of likely N-dealkylation sites (tertiary alicyclic amines) is 1. The quantitative estimate of drug-likeness (QED) is 0.501. The first-order valence-corrected chi connectivity index (χ1v) is 13.4. The first kappa shape index (κ1) is 24.8. The summed E-state index contributed by atoms with van der Waals surface area (Å²) >= 11 is 6.03. The second-order valence-corrected chi connectivity index (χ2v) is 10.1. The maximum Gasteiger partial charge on any atom is 0.227 e. The molecule has 0 aromatic rings. The molecule has 1 unspecified atom stereocenters. The lowest BCUT2D eigenvalue weighted by Gasteiger charge is -2.38. The van der Waals surface area contributed by atoms with Gasteiger partial charge in [0.1, 0.15) is 17.5 Å². The van der Waals surface area contributed by atoms with Gasteiger partial charge in [-0.1, -0.05) is 35.9 Å². The van der Waals surface area contributed by atoms with Crippen molar-refractivity contribution >= 4 is 29.5 Å². The molecule has 0 amide bonds. The van der Waals surface area contributed by atoms with Crippen LogP contribution in [-0.2, 0) is 0 Å². The Balaban J connectivity index is 1.36. The number of hydrogen-bond acceptors (Lipinski definition) is 6. The van der Waals surface area contributed by atoms with E-state index >= 15 is 0 Å². The highest BCUT2D eigenvalue weighted by atomic mass is 35.5. The van der Waals surface area contributed by atoms with Crippen LogP contribution >= 0.6 is 11.6 Å². The molecule has 0 aromatic carbocycles. The van der Waals surface area contributed by atoms with E-state index in [9.17, 15) is 4.39 Å². The SMILES string of the molecule is CC1=C(N2CCN(C3=CCC(C4C=CC(F)=C(Cl)C=C4)=NC(N4CCCCC4)=N3)CC2)N=CCC=C1. The Morgan fingerprint density at radius 1 is 0.889 bits per heavy atom. The van der Waals surface area contributed by atoms with Crippen molar-refractivity contribution in [2.45, 2.75) is 39.0 Å². The van der Waals surface area contributed by atoms with Gasteiger partial charge in [0, 0.05) is 70.0 Å². The third-order valence-corrected chi connectivity index (χ3v) is 7.49. The number of piperidine rings is 1. The van der Waals surface area contributed by atoms with Crippen LogP contribution in [0, 0.1) is 5.92 Å². The predicted molar refractivity (Wildman–Crippen MR) is 147 cm³/mol. The predicted octanol–water partition coefficient (Wildman–Crippen LogP) is 5.56. The minimum absolute atomic E-state index is 0.120. The minimum Gasteiger partial charge on any atom is -0.353 e. The molecule has 5 rings (SSSR count). The molecule has 0 N–H and O–H groups in total. The summed E-state index contributed by atoms with van der Waals surface area (Å²) in [7, 11) is 0. The van der Waals surface area contributed by atoms with Crippen LogP contribution in [0.25, 0.3) is 0 Å². The van der Waals surface area contributed by atoms with Crippen molar-refractivity contribution in [1.82, 2.24) is 14.7 Å². The first-order chi connectivity index (χ1) is 17.6. The number of piperazine rings is 1. The zero-order valence-electron chi connectivity index (χ0n) is 20.9. The van der Waals surface area contributed by atoms with Gasteiger partial charge in [0.05, 0.1) is 5.03 Å². The fraction of sp³-hybridized carbons (Fsp3) is 0.464. The van der Waals surface area contributed by atoms with Crippen LogP contribution in [0.15, 0.2) is 85.6 Å². The summed E-state index contributed by atoms with van der Waals surface area (Å²) < 4.78 is 14.0. The van der Waals surface area contributed by atoms with Gasteiger partial charge >= 0.3 is 0 Å². The summed E-state index contributed by atoms with van der Waals surface area (Å²) in [6, 6.07) is 0. The molecule has 5 aliphatic rings. The highest BCUT2D eigenvalue weighted by molar-refractivity contribution is 6.31. The second-order valence-electron chi connectivity index (χ2n) is 9.70. The van der Waals surface area contributed by atoms with Gasteiger partial charge < -0.3 is 14.7 Å². The van der Waals surface area contributed by atoms with Gasteiger partial charge in [-0.05, 0) is 50.0 Å². The molecule has 6 nitrogen and oxygen atoms in total. The van der Waals surface area contributed by atoms with Gasteiger partial charge in [-0.15, -0.1) is 0 Å². The molecule has 0 bridgehead atoms. The number of aliphatic imine (C=N–C) groups is 3. The summed E-state index contributed by atoms with van der Waals surface area (Å²) in [5, 5.41) is 0.126. The van der Waals surface area contributed by atoms with E-state index in [4.69, 9.17) is 26.6 Å². The van der Waals surface area contributed by atoms with Gasteiger partial charge in [-0.3, -0.25) is 0 Å². The number of nitrogens with zero attached hydrogens (tertiary/aromatic N) is 6. The van der Waals surface area contributed by atoms with Crippen molar-refractivity contribution in [2.24, 2.45) is 20.9 Å². The molecule has 0 radical (unpaired) electrons. The fourth-order valence-electron chi connectivity index (χ4n) is 5.11. The Morgan fingerprint density at radius 3 is 2.44 bits per heavy atom. The number of guanidine groups is 1. The molecule has 4 heterocycles.